The highest BCUT2D eigenvalue weighted by Gasteiger charge is 1.97. The molecule has 0 aliphatic carbocycles. The average Bonchev–Trinajstić information content (AvgIpc) is 2.03. The molecule has 4 heteroatoms. The minimum Gasteiger partial charge on any atom is -0.252 e. The van der Waals surface area contributed by atoms with E-state index in [1.54, 1.807) is 12.4 Å². The largest absolute Gasteiger partial charge is 0.252 e. The zero-order chi connectivity index (χ0) is 8.55. The summed E-state index contributed by atoms with van der Waals surface area (Å²) in [6, 6.07) is 1.93. The molecule has 2 aromatic heterocycles. The Morgan fingerprint density at radius 2 is 2.00 bits per heavy atom. The van der Waals surface area contributed by atoms with Gasteiger partial charge in [0.2, 0.25) is 0 Å². The summed E-state index contributed by atoms with van der Waals surface area (Å²) in [4.78, 5) is 12.4. The molecule has 0 saturated carbocycles. The number of nitrogens with zero attached hydrogens (tertiary/aromatic N) is 3. The molecule has 2 aromatic rings. The fourth-order valence-corrected chi connectivity index (χ4v) is 1.31. The Morgan fingerprint density at radius 1 is 1.17 bits per heavy atom. The molecule has 0 fully saturated rings. The van der Waals surface area contributed by atoms with Gasteiger partial charge in [-0.15, -0.1) is 0 Å². The number of hydrogen-bond donors (Lipinski definition) is 0. The number of pyridine rings is 1. The molecule has 60 valence electrons. The third-order valence-electron chi connectivity index (χ3n) is 1.52. The SMILES string of the molecule is Cc1ncc2ncc(Br)cc2n1. The van der Waals surface area contributed by atoms with Gasteiger partial charge in [-0.1, -0.05) is 0 Å². The van der Waals surface area contributed by atoms with Crippen LogP contribution in [0.1, 0.15) is 5.82 Å². The van der Waals surface area contributed by atoms with Gasteiger partial charge in [0.15, 0.2) is 0 Å². The standard InChI is InChI=1S/C8H6BrN3/c1-5-10-4-8-7(12-5)2-6(9)3-11-8/h2-4H,1H3. The number of hydrogen-bond acceptors (Lipinski definition) is 3. The molecule has 0 radical (unpaired) electrons. The molecule has 0 amide bonds. The molecule has 2 heterocycles. The van der Waals surface area contributed by atoms with Gasteiger partial charge >= 0.3 is 0 Å². The first-order valence-electron chi connectivity index (χ1n) is 3.50. The fourth-order valence-electron chi connectivity index (χ4n) is 0.986. The van der Waals surface area contributed by atoms with Crippen LogP contribution in [-0.2, 0) is 0 Å². The van der Waals surface area contributed by atoms with Crippen molar-refractivity contribution in [1.29, 1.82) is 0 Å². The zero-order valence-electron chi connectivity index (χ0n) is 6.45. The van der Waals surface area contributed by atoms with E-state index in [-0.39, 0.29) is 0 Å². The first kappa shape index (κ1) is 7.61. The molecule has 0 aromatic carbocycles. The Balaban J connectivity index is 2.80. The second-order valence-electron chi connectivity index (χ2n) is 2.48. The van der Waals surface area contributed by atoms with Gasteiger partial charge in [-0.25, -0.2) is 9.97 Å². The van der Waals surface area contributed by atoms with Crippen LogP contribution in [0.4, 0.5) is 0 Å². The van der Waals surface area contributed by atoms with Crippen molar-refractivity contribution in [1.82, 2.24) is 15.0 Å². The summed E-state index contributed by atoms with van der Waals surface area (Å²) in [5.41, 5.74) is 1.70. The van der Waals surface area contributed by atoms with Crippen molar-refractivity contribution >= 4 is 27.0 Å². The summed E-state index contributed by atoms with van der Waals surface area (Å²) in [5.74, 6) is 0.766. The Morgan fingerprint density at radius 3 is 2.83 bits per heavy atom. The van der Waals surface area contributed by atoms with Crippen LogP contribution in [0.15, 0.2) is 22.9 Å². The predicted molar refractivity (Wildman–Crippen MR) is 49.8 cm³/mol. The van der Waals surface area contributed by atoms with Crippen molar-refractivity contribution in [3.63, 3.8) is 0 Å². The van der Waals surface area contributed by atoms with Gasteiger partial charge in [0.1, 0.15) is 11.3 Å². The smallest absolute Gasteiger partial charge is 0.126 e. The van der Waals surface area contributed by atoms with Crippen LogP contribution in [-0.4, -0.2) is 15.0 Å². The quantitative estimate of drug-likeness (QED) is 0.687. The van der Waals surface area contributed by atoms with Gasteiger partial charge in [0, 0.05) is 10.7 Å². The molecule has 0 saturated heterocycles. The zero-order valence-corrected chi connectivity index (χ0v) is 8.04. The van der Waals surface area contributed by atoms with Gasteiger partial charge in [-0.05, 0) is 28.9 Å². The molecule has 0 bridgehead atoms. The summed E-state index contributed by atoms with van der Waals surface area (Å²) in [6.45, 7) is 1.86. The fraction of sp³-hybridized carbons (Fsp3) is 0.125. The van der Waals surface area contributed by atoms with Crippen LogP contribution in [0, 0.1) is 6.92 Å². The van der Waals surface area contributed by atoms with Crippen LogP contribution in [0.5, 0.6) is 0 Å². The third kappa shape index (κ3) is 1.30. The van der Waals surface area contributed by atoms with Gasteiger partial charge in [-0.2, -0.15) is 0 Å². The first-order chi connectivity index (χ1) is 5.75. The maximum Gasteiger partial charge on any atom is 0.126 e. The van der Waals surface area contributed by atoms with Gasteiger partial charge in [0.05, 0.1) is 11.7 Å². The minimum absolute atomic E-state index is 0.766. The molecule has 3 nitrogen and oxygen atoms in total. The highest BCUT2D eigenvalue weighted by molar-refractivity contribution is 9.10. The second kappa shape index (κ2) is 2.79. The van der Waals surface area contributed by atoms with Crippen molar-refractivity contribution < 1.29 is 0 Å². The normalized spacial score (nSPS) is 10.5. The van der Waals surface area contributed by atoms with Crippen molar-refractivity contribution in [2.24, 2.45) is 0 Å². The van der Waals surface area contributed by atoms with Crippen LogP contribution in [0.25, 0.3) is 11.0 Å². The summed E-state index contributed by atoms with van der Waals surface area (Å²) >= 11 is 3.33. The lowest BCUT2D eigenvalue weighted by Crippen LogP contribution is -1.89. The Labute approximate surface area is 78.0 Å². The van der Waals surface area contributed by atoms with Crippen molar-refractivity contribution in [3.8, 4) is 0 Å². The predicted octanol–water partition coefficient (Wildman–Crippen LogP) is 2.10. The van der Waals surface area contributed by atoms with E-state index in [1.165, 1.54) is 0 Å². The van der Waals surface area contributed by atoms with Crippen molar-refractivity contribution in [2.45, 2.75) is 6.92 Å². The number of rotatable bonds is 0. The lowest BCUT2D eigenvalue weighted by atomic mass is 10.4. The molecular weight excluding hydrogens is 218 g/mol. The minimum atomic E-state index is 0.766. The molecule has 0 spiro atoms. The maximum atomic E-state index is 4.23. The Kier molecular flexibility index (Phi) is 1.77. The van der Waals surface area contributed by atoms with Gasteiger partial charge < -0.3 is 0 Å². The van der Waals surface area contributed by atoms with E-state index in [9.17, 15) is 0 Å². The molecule has 2 rings (SSSR count). The summed E-state index contributed by atoms with van der Waals surface area (Å²) in [5, 5.41) is 0. The van der Waals surface area contributed by atoms with Gasteiger partial charge in [0.25, 0.3) is 0 Å². The molecular formula is C8H6BrN3. The Bertz CT molecular complexity index is 391. The molecule has 0 aliphatic rings. The van der Waals surface area contributed by atoms with E-state index < -0.39 is 0 Å². The number of aryl methyl sites for hydroxylation is 1. The van der Waals surface area contributed by atoms with Crippen LogP contribution >= 0.6 is 15.9 Å². The van der Waals surface area contributed by atoms with Gasteiger partial charge in [-0.3, -0.25) is 4.98 Å². The number of fused-ring (bicyclic) bond motifs is 1. The average molecular weight is 224 g/mol. The summed E-state index contributed by atoms with van der Waals surface area (Å²) in [7, 11) is 0. The first-order valence-corrected chi connectivity index (χ1v) is 4.30. The maximum absolute atomic E-state index is 4.23. The van der Waals surface area contributed by atoms with Crippen molar-refractivity contribution in [3.05, 3.63) is 28.8 Å². The highest BCUT2D eigenvalue weighted by atomic mass is 79.9. The van der Waals surface area contributed by atoms with Crippen LogP contribution < -0.4 is 0 Å². The molecule has 0 atom stereocenters. The Hall–Kier alpha value is -1.03. The molecule has 0 aliphatic heterocycles. The van der Waals surface area contributed by atoms with E-state index in [2.05, 4.69) is 30.9 Å². The number of halogens is 1. The van der Waals surface area contributed by atoms with Crippen LogP contribution in [0.3, 0.4) is 0 Å². The van der Waals surface area contributed by atoms with E-state index in [1.807, 2.05) is 13.0 Å². The topological polar surface area (TPSA) is 38.7 Å². The van der Waals surface area contributed by atoms with Crippen LogP contribution in [0.2, 0.25) is 0 Å². The lowest BCUT2D eigenvalue weighted by Gasteiger charge is -1.96. The highest BCUT2D eigenvalue weighted by Crippen LogP contribution is 2.13. The van der Waals surface area contributed by atoms with E-state index in [0.717, 1.165) is 21.3 Å². The molecule has 0 N–H and O–H groups in total. The monoisotopic (exact) mass is 223 g/mol. The second-order valence-corrected chi connectivity index (χ2v) is 3.39. The summed E-state index contributed by atoms with van der Waals surface area (Å²) in [6.07, 6.45) is 3.46. The van der Waals surface area contributed by atoms with E-state index in [4.69, 9.17) is 0 Å². The molecule has 0 unspecified atom stereocenters. The summed E-state index contributed by atoms with van der Waals surface area (Å²) < 4.78 is 0.938. The number of aromatic nitrogens is 3. The molecule has 12 heavy (non-hydrogen) atoms. The third-order valence-corrected chi connectivity index (χ3v) is 1.95. The van der Waals surface area contributed by atoms with Crippen molar-refractivity contribution in [2.75, 3.05) is 0 Å². The van der Waals surface area contributed by atoms with E-state index >= 15 is 0 Å². The lowest BCUT2D eigenvalue weighted by molar-refractivity contribution is 1.08. The van der Waals surface area contributed by atoms with E-state index in [0.29, 0.717) is 0 Å².